The second-order valence-electron chi connectivity index (χ2n) is 5.95. The Morgan fingerprint density at radius 2 is 1.57 bits per heavy atom. The third-order valence-corrected chi connectivity index (χ3v) is 4.19. The molecule has 0 saturated heterocycles. The molecule has 0 fully saturated rings. The van der Waals surface area contributed by atoms with E-state index in [-0.39, 0.29) is 18.3 Å². The van der Waals surface area contributed by atoms with Gasteiger partial charge in [-0.05, 0) is 35.9 Å². The van der Waals surface area contributed by atoms with E-state index in [1.54, 1.807) is 54.6 Å². The van der Waals surface area contributed by atoms with E-state index in [9.17, 15) is 9.59 Å². The van der Waals surface area contributed by atoms with E-state index in [2.05, 4.69) is 5.32 Å². The molecule has 0 unspecified atom stereocenters. The van der Waals surface area contributed by atoms with Crippen LogP contribution in [-0.4, -0.2) is 18.3 Å². The first-order valence-electron chi connectivity index (χ1n) is 8.66. The Hall–Kier alpha value is -3.37. The highest BCUT2D eigenvalue weighted by molar-refractivity contribution is 6.32. The highest BCUT2D eigenvalue weighted by Crippen LogP contribution is 2.23. The number of ether oxygens (including phenoxy) is 1. The predicted molar refractivity (Wildman–Crippen MR) is 112 cm³/mol. The molecule has 1 amide bonds. The van der Waals surface area contributed by atoms with Crippen LogP contribution in [-0.2, 0) is 4.79 Å². The topological polar surface area (TPSA) is 55.4 Å². The van der Waals surface area contributed by atoms with E-state index in [1.807, 2.05) is 30.3 Å². The smallest absolute Gasteiger partial charge is 0.262 e. The monoisotopic (exact) mass is 391 g/mol. The minimum absolute atomic E-state index is 0.0605. The summed E-state index contributed by atoms with van der Waals surface area (Å²) in [4.78, 5) is 24.1. The number of carbonyl (C=O) groups is 2. The standard InChI is InChI=1S/C23H18ClNO3/c24-20-8-4-5-9-22(20)28-16-23(27)25-19-13-10-17(11-14-19)12-15-21(26)18-6-2-1-3-7-18/h1-15H,16H2,(H,25,27). The molecule has 1 N–H and O–H groups in total. The molecule has 0 aliphatic rings. The second kappa shape index (κ2) is 9.53. The molecule has 4 nitrogen and oxygen atoms in total. The summed E-state index contributed by atoms with van der Waals surface area (Å²) in [6.07, 6.45) is 3.27. The number of amides is 1. The largest absolute Gasteiger partial charge is 0.482 e. The number of allylic oxidation sites excluding steroid dienone is 1. The van der Waals surface area contributed by atoms with Crippen LogP contribution in [0, 0.1) is 0 Å². The van der Waals surface area contributed by atoms with Gasteiger partial charge in [-0.25, -0.2) is 0 Å². The van der Waals surface area contributed by atoms with Crippen molar-refractivity contribution in [3.8, 4) is 5.75 Å². The molecular formula is C23H18ClNO3. The fourth-order valence-electron chi connectivity index (χ4n) is 2.45. The van der Waals surface area contributed by atoms with E-state index in [0.29, 0.717) is 22.0 Å². The van der Waals surface area contributed by atoms with E-state index < -0.39 is 0 Å². The summed E-state index contributed by atoms with van der Waals surface area (Å²) in [7, 11) is 0. The van der Waals surface area contributed by atoms with Crippen molar-refractivity contribution in [1.82, 2.24) is 0 Å². The summed E-state index contributed by atoms with van der Waals surface area (Å²) >= 11 is 5.99. The van der Waals surface area contributed by atoms with Gasteiger partial charge in [-0.2, -0.15) is 0 Å². The van der Waals surface area contributed by atoms with Crippen molar-refractivity contribution >= 4 is 35.1 Å². The van der Waals surface area contributed by atoms with Crippen molar-refractivity contribution in [3.05, 3.63) is 101 Å². The van der Waals surface area contributed by atoms with Crippen LogP contribution in [0.3, 0.4) is 0 Å². The number of hydrogen-bond acceptors (Lipinski definition) is 3. The Morgan fingerprint density at radius 1 is 0.893 bits per heavy atom. The number of nitrogens with one attached hydrogen (secondary N) is 1. The highest BCUT2D eigenvalue weighted by atomic mass is 35.5. The molecule has 0 aliphatic heterocycles. The summed E-state index contributed by atoms with van der Waals surface area (Å²) in [5.74, 6) is 0.111. The van der Waals surface area contributed by atoms with Gasteiger partial charge in [0.05, 0.1) is 5.02 Å². The highest BCUT2D eigenvalue weighted by Gasteiger charge is 2.06. The first-order valence-corrected chi connectivity index (χ1v) is 9.04. The predicted octanol–water partition coefficient (Wildman–Crippen LogP) is 5.25. The van der Waals surface area contributed by atoms with Crippen molar-refractivity contribution < 1.29 is 14.3 Å². The lowest BCUT2D eigenvalue weighted by molar-refractivity contribution is -0.118. The molecule has 3 aromatic carbocycles. The number of carbonyl (C=O) groups excluding carboxylic acids is 2. The lowest BCUT2D eigenvalue weighted by atomic mass is 10.1. The van der Waals surface area contributed by atoms with Crippen LogP contribution in [0.15, 0.2) is 84.9 Å². The molecule has 3 aromatic rings. The quantitative estimate of drug-likeness (QED) is 0.442. The van der Waals surface area contributed by atoms with Crippen LogP contribution in [0.2, 0.25) is 5.02 Å². The zero-order valence-corrected chi connectivity index (χ0v) is 15.7. The average Bonchev–Trinajstić information content (AvgIpc) is 2.73. The first-order chi connectivity index (χ1) is 13.6. The van der Waals surface area contributed by atoms with Crippen LogP contribution in [0.1, 0.15) is 15.9 Å². The van der Waals surface area contributed by atoms with E-state index in [4.69, 9.17) is 16.3 Å². The van der Waals surface area contributed by atoms with Gasteiger partial charge in [-0.15, -0.1) is 0 Å². The van der Waals surface area contributed by atoms with Crippen LogP contribution in [0.5, 0.6) is 5.75 Å². The number of halogens is 1. The summed E-state index contributed by atoms with van der Waals surface area (Å²) < 4.78 is 5.41. The van der Waals surface area contributed by atoms with Gasteiger partial charge < -0.3 is 10.1 Å². The van der Waals surface area contributed by atoms with Crippen molar-refractivity contribution in [3.63, 3.8) is 0 Å². The van der Waals surface area contributed by atoms with E-state index in [0.717, 1.165) is 5.56 Å². The Bertz CT molecular complexity index is 982. The van der Waals surface area contributed by atoms with Gasteiger partial charge in [-0.1, -0.05) is 72.3 Å². The molecule has 0 atom stereocenters. The van der Waals surface area contributed by atoms with Gasteiger partial charge in [0.2, 0.25) is 0 Å². The average molecular weight is 392 g/mol. The number of rotatable bonds is 7. The molecule has 140 valence electrons. The van der Waals surface area contributed by atoms with E-state index in [1.165, 1.54) is 6.08 Å². The Balaban J connectivity index is 1.52. The van der Waals surface area contributed by atoms with E-state index >= 15 is 0 Å². The normalized spacial score (nSPS) is 10.6. The molecular weight excluding hydrogens is 374 g/mol. The van der Waals surface area contributed by atoms with Gasteiger partial charge in [0, 0.05) is 11.3 Å². The fourth-order valence-corrected chi connectivity index (χ4v) is 2.64. The van der Waals surface area contributed by atoms with Crippen molar-refractivity contribution in [2.45, 2.75) is 0 Å². The number of para-hydroxylation sites is 1. The van der Waals surface area contributed by atoms with Gasteiger partial charge in [0.25, 0.3) is 5.91 Å². The maximum Gasteiger partial charge on any atom is 0.262 e. The van der Waals surface area contributed by atoms with Crippen LogP contribution < -0.4 is 10.1 Å². The zero-order chi connectivity index (χ0) is 19.8. The molecule has 0 aromatic heterocycles. The van der Waals surface area contributed by atoms with Gasteiger partial charge in [0.1, 0.15) is 5.75 Å². The molecule has 0 aliphatic carbocycles. The third kappa shape index (κ3) is 5.56. The van der Waals surface area contributed by atoms with Crippen molar-refractivity contribution in [2.24, 2.45) is 0 Å². The maximum absolute atomic E-state index is 12.1. The molecule has 5 heteroatoms. The maximum atomic E-state index is 12.1. The molecule has 0 heterocycles. The number of ketones is 1. The number of anilines is 1. The van der Waals surface area contributed by atoms with Crippen molar-refractivity contribution in [1.29, 1.82) is 0 Å². The third-order valence-electron chi connectivity index (χ3n) is 3.88. The Morgan fingerprint density at radius 3 is 2.29 bits per heavy atom. The molecule has 0 saturated carbocycles. The minimum atomic E-state index is -0.289. The molecule has 0 radical (unpaired) electrons. The molecule has 3 rings (SSSR count). The summed E-state index contributed by atoms with van der Waals surface area (Å²) in [6, 6.07) is 23.2. The summed E-state index contributed by atoms with van der Waals surface area (Å²) in [5.41, 5.74) is 2.13. The minimum Gasteiger partial charge on any atom is -0.482 e. The van der Waals surface area contributed by atoms with Crippen LogP contribution in [0.25, 0.3) is 6.08 Å². The SMILES string of the molecule is O=C(COc1ccccc1Cl)Nc1ccc(C=CC(=O)c2ccccc2)cc1. The Labute approximate surface area is 168 Å². The lowest BCUT2D eigenvalue weighted by Crippen LogP contribution is -2.20. The summed E-state index contributed by atoms with van der Waals surface area (Å²) in [5, 5.41) is 3.21. The Kier molecular flexibility index (Phi) is 6.60. The zero-order valence-electron chi connectivity index (χ0n) is 15.0. The van der Waals surface area contributed by atoms with Crippen LogP contribution >= 0.6 is 11.6 Å². The second-order valence-corrected chi connectivity index (χ2v) is 6.36. The fraction of sp³-hybridized carbons (Fsp3) is 0.0435. The lowest BCUT2D eigenvalue weighted by Gasteiger charge is -2.08. The van der Waals surface area contributed by atoms with Crippen LogP contribution in [0.4, 0.5) is 5.69 Å². The summed E-state index contributed by atoms with van der Waals surface area (Å²) in [6.45, 7) is -0.142. The van der Waals surface area contributed by atoms with Gasteiger partial charge in [0.15, 0.2) is 12.4 Å². The number of hydrogen-bond donors (Lipinski definition) is 1. The molecule has 0 spiro atoms. The molecule has 0 bridgehead atoms. The first kappa shape index (κ1) is 19.4. The number of benzene rings is 3. The van der Waals surface area contributed by atoms with Crippen molar-refractivity contribution in [2.75, 3.05) is 11.9 Å². The van der Waals surface area contributed by atoms with Gasteiger partial charge >= 0.3 is 0 Å². The molecule has 28 heavy (non-hydrogen) atoms. The van der Waals surface area contributed by atoms with Gasteiger partial charge in [-0.3, -0.25) is 9.59 Å².